The van der Waals surface area contributed by atoms with E-state index in [1.807, 2.05) is 36.4 Å². The lowest BCUT2D eigenvalue weighted by atomic mass is 9.98. The van der Waals surface area contributed by atoms with Gasteiger partial charge in [0.05, 0.1) is 10.5 Å². The van der Waals surface area contributed by atoms with Crippen molar-refractivity contribution in [2.24, 2.45) is 0 Å². The number of sulfonamides is 1. The lowest BCUT2D eigenvalue weighted by Gasteiger charge is -2.11. The minimum Gasteiger partial charge on any atom is -0.352 e. The Kier molecular flexibility index (Phi) is 8.50. The third-order valence-electron chi connectivity index (χ3n) is 5.75. The Balaban J connectivity index is 1.36. The van der Waals surface area contributed by atoms with E-state index in [0.717, 1.165) is 11.1 Å². The summed E-state index contributed by atoms with van der Waals surface area (Å²) in [7, 11) is -3.65. The van der Waals surface area contributed by atoms with Gasteiger partial charge in [-0.15, -0.1) is 0 Å². The minimum absolute atomic E-state index is 0.166. The van der Waals surface area contributed by atoms with Gasteiger partial charge in [0.1, 0.15) is 0 Å². The van der Waals surface area contributed by atoms with Crippen LogP contribution in [0.15, 0.2) is 108 Å². The van der Waals surface area contributed by atoms with Crippen LogP contribution in [0.3, 0.4) is 0 Å². The molecule has 6 nitrogen and oxygen atoms in total. The van der Waals surface area contributed by atoms with Crippen molar-refractivity contribution in [1.29, 1.82) is 0 Å². The molecule has 4 rings (SSSR count). The average Bonchev–Trinajstić information content (AvgIpc) is 2.93. The van der Waals surface area contributed by atoms with Crippen molar-refractivity contribution in [3.63, 3.8) is 0 Å². The van der Waals surface area contributed by atoms with E-state index in [0.29, 0.717) is 23.6 Å². The van der Waals surface area contributed by atoms with Crippen molar-refractivity contribution in [2.45, 2.75) is 17.9 Å². The normalized spacial score (nSPS) is 11.2. The Hall–Kier alpha value is -3.78. The molecule has 1 amide bonds. The smallest absolute Gasteiger partial charge is 0.252 e. The summed E-state index contributed by atoms with van der Waals surface area (Å²) in [6, 6.07) is 29.1. The average molecular weight is 533 g/mol. The van der Waals surface area contributed by atoms with Crippen molar-refractivity contribution in [2.75, 3.05) is 6.54 Å². The number of carbonyl (C=O) groups is 2. The fourth-order valence-electron chi connectivity index (χ4n) is 3.76. The molecule has 2 N–H and O–H groups in total. The number of ketones is 1. The van der Waals surface area contributed by atoms with Crippen LogP contribution in [0.2, 0.25) is 5.02 Å². The van der Waals surface area contributed by atoms with Gasteiger partial charge < -0.3 is 5.32 Å². The van der Waals surface area contributed by atoms with Gasteiger partial charge in [0.2, 0.25) is 10.0 Å². The molecule has 8 heteroatoms. The van der Waals surface area contributed by atoms with Crippen LogP contribution in [0.25, 0.3) is 0 Å². The molecule has 188 valence electrons. The van der Waals surface area contributed by atoms with Crippen molar-refractivity contribution < 1.29 is 18.0 Å². The largest absolute Gasteiger partial charge is 0.352 e. The molecule has 0 radical (unpaired) electrons. The molecule has 0 heterocycles. The number of nitrogens with one attached hydrogen (secondary N) is 2. The quantitative estimate of drug-likeness (QED) is 0.280. The summed E-state index contributed by atoms with van der Waals surface area (Å²) >= 11 is 6.10. The Labute approximate surface area is 221 Å². The number of amides is 1. The summed E-state index contributed by atoms with van der Waals surface area (Å²) in [6.45, 7) is 0.498. The summed E-state index contributed by atoms with van der Waals surface area (Å²) in [5.74, 6) is -0.675. The highest BCUT2D eigenvalue weighted by atomic mass is 35.5. The third kappa shape index (κ3) is 6.92. The second-order valence-electron chi connectivity index (χ2n) is 8.35. The van der Waals surface area contributed by atoms with Crippen LogP contribution in [-0.2, 0) is 23.0 Å². The van der Waals surface area contributed by atoms with Gasteiger partial charge in [0.15, 0.2) is 5.78 Å². The monoisotopic (exact) mass is 532 g/mol. The Morgan fingerprint density at radius 1 is 0.730 bits per heavy atom. The molecule has 0 aliphatic carbocycles. The molecular weight excluding hydrogens is 508 g/mol. The highest BCUT2D eigenvalue weighted by molar-refractivity contribution is 7.89. The van der Waals surface area contributed by atoms with E-state index < -0.39 is 15.9 Å². The maximum Gasteiger partial charge on any atom is 0.252 e. The number of hydrogen-bond donors (Lipinski definition) is 2. The summed E-state index contributed by atoms with van der Waals surface area (Å²) < 4.78 is 27.8. The Morgan fingerprint density at radius 3 is 2.05 bits per heavy atom. The fourth-order valence-corrected chi connectivity index (χ4v) is 4.95. The maximum atomic E-state index is 12.9. The molecular formula is C29H25ClN2O4S. The predicted octanol–water partition coefficient (Wildman–Crippen LogP) is 5.02. The highest BCUT2D eigenvalue weighted by Gasteiger charge is 2.19. The van der Waals surface area contributed by atoms with Crippen LogP contribution in [0.5, 0.6) is 0 Å². The number of hydrogen-bond acceptors (Lipinski definition) is 4. The van der Waals surface area contributed by atoms with E-state index in [1.54, 1.807) is 48.5 Å². The van der Waals surface area contributed by atoms with Crippen molar-refractivity contribution in [1.82, 2.24) is 10.0 Å². The van der Waals surface area contributed by atoms with E-state index >= 15 is 0 Å². The zero-order valence-corrected chi connectivity index (χ0v) is 21.4. The van der Waals surface area contributed by atoms with Crippen molar-refractivity contribution >= 4 is 33.3 Å². The van der Waals surface area contributed by atoms with Crippen LogP contribution >= 0.6 is 11.6 Å². The first-order valence-electron chi connectivity index (χ1n) is 11.6. The molecule has 0 aromatic heterocycles. The van der Waals surface area contributed by atoms with Gasteiger partial charge in [-0.25, -0.2) is 13.1 Å². The van der Waals surface area contributed by atoms with Gasteiger partial charge >= 0.3 is 0 Å². The second-order valence-corrected chi connectivity index (χ2v) is 10.5. The maximum absolute atomic E-state index is 12.9. The molecule has 0 spiro atoms. The van der Waals surface area contributed by atoms with Crippen molar-refractivity contribution in [3.8, 4) is 0 Å². The van der Waals surface area contributed by atoms with Crippen LogP contribution in [0.4, 0.5) is 0 Å². The summed E-state index contributed by atoms with van der Waals surface area (Å²) in [4.78, 5) is 26.0. The lowest BCUT2D eigenvalue weighted by molar-refractivity contribution is 0.0942. The van der Waals surface area contributed by atoms with Gasteiger partial charge in [-0.3, -0.25) is 9.59 Å². The molecule has 4 aromatic rings. The SMILES string of the molecule is O=C(NCCc1ccc(S(=O)(=O)NCc2ccccc2)cc1)c1cc(Cl)ccc1C(=O)c1ccccc1. The molecule has 0 atom stereocenters. The molecule has 0 saturated carbocycles. The standard InChI is InChI=1S/C29H25ClN2O4S/c30-24-13-16-26(28(33)23-9-5-2-6-10-23)27(19-24)29(34)31-18-17-21-11-14-25(15-12-21)37(35,36)32-20-22-7-3-1-4-8-22/h1-16,19,32H,17-18,20H2,(H,31,34). The van der Waals surface area contributed by atoms with Gasteiger partial charge in [0.25, 0.3) is 5.91 Å². The zero-order chi connectivity index (χ0) is 26.3. The fraction of sp³-hybridized carbons (Fsp3) is 0.103. The van der Waals surface area contributed by atoms with E-state index in [9.17, 15) is 18.0 Å². The number of benzene rings is 4. The van der Waals surface area contributed by atoms with Gasteiger partial charge in [0, 0.05) is 29.2 Å². The van der Waals surface area contributed by atoms with Crippen molar-refractivity contribution in [3.05, 3.63) is 136 Å². The zero-order valence-electron chi connectivity index (χ0n) is 19.9. The number of halogens is 1. The van der Waals surface area contributed by atoms with Crippen LogP contribution in [-0.4, -0.2) is 26.7 Å². The number of carbonyl (C=O) groups excluding carboxylic acids is 2. The molecule has 0 unspecified atom stereocenters. The predicted molar refractivity (Wildman–Crippen MR) is 144 cm³/mol. The minimum atomic E-state index is -3.65. The van der Waals surface area contributed by atoms with E-state index in [4.69, 9.17) is 11.6 Å². The molecule has 0 fully saturated rings. The van der Waals surface area contributed by atoms with Crippen LogP contribution in [0.1, 0.15) is 37.4 Å². The van der Waals surface area contributed by atoms with Gasteiger partial charge in [-0.1, -0.05) is 84.4 Å². The van der Waals surface area contributed by atoms with E-state index in [1.165, 1.54) is 18.2 Å². The van der Waals surface area contributed by atoms with E-state index in [-0.39, 0.29) is 28.4 Å². The lowest BCUT2D eigenvalue weighted by Crippen LogP contribution is -2.27. The summed E-state index contributed by atoms with van der Waals surface area (Å²) in [5.41, 5.74) is 2.67. The topological polar surface area (TPSA) is 92.3 Å². The molecule has 0 bridgehead atoms. The molecule has 0 aliphatic heterocycles. The Morgan fingerprint density at radius 2 is 1.38 bits per heavy atom. The van der Waals surface area contributed by atoms with Gasteiger partial charge in [-0.2, -0.15) is 0 Å². The molecule has 0 aliphatic rings. The van der Waals surface area contributed by atoms with E-state index in [2.05, 4.69) is 10.0 Å². The molecule has 0 saturated heterocycles. The first-order valence-corrected chi connectivity index (χ1v) is 13.5. The third-order valence-corrected chi connectivity index (χ3v) is 7.40. The Bertz CT molecular complexity index is 1490. The molecule has 4 aromatic carbocycles. The van der Waals surface area contributed by atoms with Crippen LogP contribution < -0.4 is 10.0 Å². The second kappa shape index (κ2) is 12.0. The summed E-state index contributed by atoms with van der Waals surface area (Å²) in [6.07, 6.45) is 0.478. The summed E-state index contributed by atoms with van der Waals surface area (Å²) in [5, 5.41) is 3.18. The highest BCUT2D eigenvalue weighted by Crippen LogP contribution is 2.20. The number of rotatable bonds is 10. The van der Waals surface area contributed by atoms with Crippen LogP contribution in [0, 0.1) is 0 Å². The van der Waals surface area contributed by atoms with Gasteiger partial charge in [-0.05, 0) is 47.9 Å². The molecule has 37 heavy (non-hydrogen) atoms. The first-order chi connectivity index (χ1) is 17.8. The first kappa shape index (κ1) is 26.3.